The van der Waals surface area contributed by atoms with Crippen molar-refractivity contribution in [3.8, 4) is 5.75 Å². The van der Waals surface area contributed by atoms with Crippen LogP contribution >= 0.6 is 0 Å². The number of amides is 1. The molecule has 26 heavy (non-hydrogen) atoms. The minimum Gasteiger partial charge on any atom is -0.489 e. The number of aryl methyl sites for hydroxylation is 3. The molecule has 3 aromatic rings. The van der Waals surface area contributed by atoms with E-state index in [2.05, 4.69) is 11.4 Å². The zero-order valence-corrected chi connectivity index (χ0v) is 15.4. The van der Waals surface area contributed by atoms with Gasteiger partial charge in [-0.3, -0.25) is 4.79 Å². The maximum absolute atomic E-state index is 12.4. The Morgan fingerprint density at radius 1 is 0.846 bits per heavy atom. The Morgan fingerprint density at radius 3 is 2.15 bits per heavy atom. The molecule has 3 heteroatoms. The van der Waals surface area contributed by atoms with Gasteiger partial charge in [0.2, 0.25) is 0 Å². The summed E-state index contributed by atoms with van der Waals surface area (Å²) >= 11 is 0. The molecule has 3 rings (SSSR count). The lowest BCUT2D eigenvalue weighted by atomic mass is 10.1. The minimum atomic E-state index is -0.108. The lowest BCUT2D eigenvalue weighted by molar-refractivity contribution is 0.102. The van der Waals surface area contributed by atoms with Gasteiger partial charge in [0.25, 0.3) is 5.91 Å². The van der Waals surface area contributed by atoms with Gasteiger partial charge >= 0.3 is 0 Å². The van der Waals surface area contributed by atoms with E-state index in [9.17, 15) is 4.79 Å². The molecule has 0 unspecified atom stereocenters. The summed E-state index contributed by atoms with van der Waals surface area (Å²) in [6, 6.07) is 21.4. The van der Waals surface area contributed by atoms with Gasteiger partial charge < -0.3 is 10.1 Å². The van der Waals surface area contributed by atoms with E-state index in [-0.39, 0.29) is 5.91 Å². The third kappa shape index (κ3) is 4.51. The van der Waals surface area contributed by atoms with Crippen molar-refractivity contribution in [2.24, 2.45) is 0 Å². The summed E-state index contributed by atoms with van der Waals surface area (Å²) in [7, 11) is 0. The number of anilines is 1. The molecule has 0 saturated carbocycles. The second-order valence-electron chi connectivity index (χ2n) is 6.57. The third-order valence-corrected chi connectivity index (χ3v) is 4.27. The van der Waals surface area contributed by atoms with Gasteiger partial charge in [-0.1, -0.05) is 47.5 Å². The molecule has 1 N–H and O–H groups in total. The fraction of sp³-hybridized carbons (Fsp3) is 0.174. The molecule has 0 saturated heterocycles. The number of carbonyl (C=O) groups excluding carboxylic acids is 1. The first kappa shape index (κ1) is 17.7. The van der Waals surface area contributed by atoms with Gasteiger partial charge in [-0.2, -0.15) is 0 Å². The maximum Gasteiger partial charge on any atom is 0.255 e. The highest BCUT2D eigenvalue weighted by Gasteiger charge is 2.08. The zero-order chi connectivity index (χ0) is 18.5. The fourth-order valence-corrected chi connectivity index (χ4v) is 2.70. The van der Waals surface area contributed by atoms with E-state index in [1.807, 2.05) is 81.4 Å². The van der Waals surface area contributed by atoms with Crippen LogP contribution in [0.25, 0.3) is 0 Å². The quantitative estimate of drug-likeness (QED) is 0.668. The number of benzene rings is 3. The molecule has 0 aliphatic carbocycles. The topological polar surface area (TPSA) is 38.3 Å². The van der Waals surface area contributed by atoms with E-state index in [4.69, 9.17) is 4.74 Å². The predicted molar refractivity (Wildman–Crippen MR) is 106 cm³/mol. The Balaban J connectivity index is 1.61. The Labute approximate surface area is 154 Å². The van der Waals surface area contributed by atoms with Crippen molar-refractivity contribution in [3.05, 3.63) is 94.5 Å². The highest BCUT2D eigenvalue weighted by atomic mass is 16.5. The van der Waals surface area contributed by atoms with Crippen molar-refractivity contribution in [1.82, 2.24) is 0 Å². The van der Waals surface area contributed by atoms with Gasteiger partial charge in [0, 0.05) is 11.3 Å². The SMILES string of the molecule is Cc1ccc(OCc2ccc(C(=O)Nc3ccc(C)cc3C)cc2)cc1. The van der Waals surface area contributed by atoms with Gasteiger partial charge in [-0.15, -0.1) is 0 Å². The average molecular weight is 345 g/mol. The molecule has 3 nitrogen and oxygen atoms in total. The van der Waals surface area contributed by atoms with Crippen LogP contribution in [0.15, 0.2) is 66.7 Å². The molecule has 132 valence electrons. The molecule has 0 heterocycles. The highest BCUT2D eigenvalue weighted by molar-refractivity contribution is 6.04. The average Bonchev–Trinajstić information content (AvgIpc) is 2.64. The summed E-state index contributed by atoms with van der Waals surface area (Å²) in [4.78, 5) is 12.4. The number of ether oxygens (including phenoxy) is 1. The molecule has 0 bridgehead atoms. The number of hydrogen-bond acceptors (Lipinski definition) is 2. The summed E-state index contributed by atoms with van der Waals surface area (Å²) < 4.78 is 5.77. The molecule has 3 aromatic carbocycles. The second kappa shape index (κ2) is 7.87. The van der Waals surface area contributed by atoms with Crippen molar-refractivity contribution < 1.29 is 9.53 Å². The summed E-state index contributed by atoms with van der Waals surface area (Å²) in [5.41, 5.74) is 5.93. The van der Waals surface area contributed by atoms with Crippen LogP contribution in [-0.4, -0.2) is 5.91 Å². The van der Waals surface area contributed by atoms with Crippen molar-refractivity contribution >= 4 is 11.6 Å². The van der Waals surface area contributed by atoms with Crippen molar-refractivity contribution in [2.45, 2.75) is 27.4 Å². The molecule has 0 atom stereocenters. The molecule has 0 aromatic heterocycles. The van der Waals surface area contributed by atoms with E-state index in [0.717, 1.165) is 22.6 Å². The molecule has 0 fully saturated rings. The Hall–Kier alpha value is -3.07. The largest absolute Gasteiger partial charge is 0.489 e. The second-order valence-corrected chi connectivity index (χ2v) is 6.57. The molecule has 0 radical (unpaired) electrons. The molecule has 0 aliphatic heterocycles. The normalized spacial score (nSPS) is 10.4. The fourth-order valence-electron chi connectivity index (χ4n) is 2.70. The lowest BCUT2D eigenvalue weighted by Gasteiger charge is -2.10. The summed E-state index contributed by atoms with van der Waals surface area (Å²) in [6.45, 7) is 6.55. The van der Waals surface area contributed by atoms with Crippen molar-refractivity contribution in [2.75, 3.05) is 5.32 Å². The van der Waals surface area contributed by atoms with Crippen LogP contribution in [0.3, 0.4) is 0 Å². The maximum atomic E-state index is 12.4. The Kier molecular flexibility index (Phi) is 5.37. The van der Waals surface area contributed by atoms with Crippen LogP contribution in [0, 0.1) is 20.8 Å². The number of rotatable bonds is 5. The lowest BCUT2D eigenvalue weighted by Crippen LogP contribution is -2.12. The number of carbonyl (C=O) groups is 1. The first-order valence-electron chi connectivity index (χ1n) is 8.68. The minimum absolute atomic E-state index is 0.108. The standard InChI is InChI=1S/C23H23NO2/c1-16-4-11-21(12-5-16)26-15-19-7-9-20(10-8-19)23(25)24-22-13-6-17(2)14-18(22)3/h4-14H,15H2,1-3H3,(H,24,25). The predicted octanol–water partition coefficient (Wildman–Crippen LogP) is 5.44. The van der Waals surface area contributed by atoms with E-state index >= 15 is 0 Å². The monoisotopic (exact) mass is 345 g/mol. The molecule has 0 aliphatic rings. The first-order chi connectivity index (χ1) is 12.5. The molecule has 0 spiro atoms. The molecular weight excluding hydrogens is 322 g/mol. The smallest absolute Gasteiger partial charge is 0.255 e. The van der Waals surface area contributed by atoms with E-state index in [0.29, 0.717) is 12.2 Å². The van der Waals surface area contributed by atoms with Gasteiger partial charge in [0.05, 0.1) is 0 Å². The van der Waals surface area contributed by atoms with E-state index in [1.54, 1.807) is 0 Å². The van der Waals surface area contributed by atoms with Crippen LogP contribution in [0.4, 0.5) is 5.69 Å². The van der Waals surface area contributed by atoms with Gasteiger partial charge in [0.15, 0.2) is 0 Å². The summed E-state index contributed by atoms with van der Waals surface area (Å²) in [5.74, 6) is 0.732. The number of hydrogen-bond donors (Lipinski definition) is 1. The van der Waals surface area contributed by atoms with Crippen molar-refractivity contribution in [3.63, 3.8) is 0 Å². The van der Waals surface area contributed by atoms with E-state index in [1.165, 1.54) is 11.1 Å². The highest BCUT2D eigenvalue weighted by Crippen LogP contribution is 2.18. The van der Waals surface area contributed by atoms with Gasteiger partial charge in [-0.05, 0) is 62.2 Å². The third-order valence-electron chi connectivity index (χ3n) is 4.27. The Morgan fingerprint density at radius 2 is 1.50 bits per heavy atom. The van der Waals surface area contributed by atoms with Crippen LogP contribution in [0.2, 0.25) is 0 Å². The molecule has 1 amide bonds. The van der Waals surface area contributed by atoms with Crippen molar-refractivity contribution in [1.29, 1.82) is 0 Å². The summed E-state index contributed by atoms with van der Waals surface area (Å²) in [5, 5.41) is 2.97. The van der Waals surface area contributed by atoms with E-state index < -0.39 is 0 Å². The van der Waals surface area contributed by atoms with Crippen LogP contribution < -0.4 is 10.1 Å². The zero-order valence-electron chi connectivity index (χ0n) is 15.4. The summed E-state index contributed by atoms with van der Waals surface area (Å²) in [6.07, 6.45) is 0. The molecular formula is C23H23NO2. The number of nitrogens with one attached hydrogen (secondary N) is 1. The Bertz CT molecular complexity index is 896. The van der Waals surface area contributed by atoms with Crippen LogP contribution in [0.5, 0.6) is 5.75 Å². The van der Waals surface area contributed by atoms with Gasteiger partial charge in [0.1, 0.15) is 12.4 Å². The first-order valence-corrected chi connectivity index (χ1v) is 8.68. The van der Waals surface area contributed by atoms with Crippen LogP contribution in [0.1, 0.15) is 32.6 Å². The van der Waals surface area contributed by atoms with Crippen LogP contribution in [-0.2, 0) is 6.61 Å². The van der Waals surface area contributed by atoms with Gasteiger partial charge in [-0.25, -0.2) is 0 Å².